The van der Waals surface area contributed by atoms with Gasteiger partial charge >= 0.3 is 12.3 Å². The van der Waals surface area contributed by atoms with Crippen LogP contribution in [-0.2, 0) is 27.0 Å². The molecule has 1 N–H and O–H groups in total. The van der Waals surface area contributed by atoms with Crippen LogP contribution in [0.2, 0.25) is 0 Å². The molecule has 2 aliphatic rings. The Kier molecular flexibility index (Phi) is 8.62. The Bertz CT molecular complexity index is 1720. The zero-order valence-electron chi connectivity index (χ0n) is 25.7. The molecule has 3 aromatic rings. The maximum atomic E-state index is 13.9. The average Bonchev–Trinajstić information content (AvgIpc) is 3.42. The van der Waals surface area contributed by atoms with Gasteiger partial charge in [-0.2, -0.15) is 22.7 Å². The van der Waals surface area contributed by atoms with Gasteiger partial charge in [-0.25, -0.2) is 9.78 Å². The smallest absolute Gasteiger partial charge is 0.433 e. The topological polar surface area (TPSA) is 136 Å². The van der Waals surface area contributed by atoms with Gasteiger partial charge in [0, 0.05) is 31.9 Å². The molecule has 5 rings (SSSR count). The molecule has 0 bridgehead atoms. The number of rotatable bonds is 5. The van der Waals surface area contributed by atoms with Gasteiger partial charge < -0.3 is 29.2 Å². The highest BCUT2D eigenvalue weighted by atomic mass is 19.4. The Hall–Kier alpha value is -4.47. The molecule has 5 heterocycles. The first-order chi connectivity index (χ1) is 21.1. The van der Waals surface area contributed by atoms with Gasteiger partial charge in [-0.1, -0.05) is 6.08 Å². The molecule has 0 radical (unpaired) electrons. The first-order valence-electron chi connectivity index (χ1n) is 14.5. The highest BCUT2D eigenvalue weighted by Gasteiger charge is 2.33. The third-order valence-corrected chi connectivity index (χ3v) is 7.42. The molecule has 0 unspecified atom stereocenters. The van der Waals surface area contributed by atoms with Gasteiger partial charge in [-0.05, 0) is 58.7 Å². The van der Waals surface area contributed by atoms with Crippen LogP contribution < -0.4 is 15.8 Å². The van der Waals surface area contributed by atoms with Crippen molar-refractivity contribution in [2.45, 2.75) is 59.4 Å². The minimum Gasteiger partial charge on any atom is -0.444 e. The van der Waals surface area contributed by atoms with Crippen LogP contribution in [-0.4, -0.2) is 86.0 Å². The number of carbonyl (C=O) groups is 2. The van der Waals surface area contributed by atoms with E-state index in [4.69, 9.17) is 9.47 Å². The summed E-state index contributed by atoms with van der Waals surface area (Å²) < 4.78 is 52.9. The lowest BCUT2D eigenvalue weighted by molar-refractivity contribution is -0.141. The van der Waals surface area contributed by atoms with Crippen molar-refractivity contribution in [3.05, 3.63) is 51.5 Å². The first kappa shape index (κ1) is 31.9. The van der Waals surface area contributed by atoms with E-state index >= 15 is 0 Å². The van der Waals surface area contributed by atoms with Crippen molar-refractivity contribution in [2.75, 3.05) is 49.6 Å². The molecule has 2 amide bonds. The summed E-state index contributed by atoms with van der Waals surface area (Å²) in [7, 11) is 0. The molecule has 1 fully saturated rings. The fraction of sp³-hybridized carbons (Fsp3) is 0.517. The fourth-order valence-electron chi connectivity index (χ4n) is 5.19. The van der Waals surface area contributed by atoms with Crippen molar-refractivity contribution >= 4 is 34.7 Å². The molecular weight excluding hydrogens is 597 g/mol. The van der Waals surface area contributed by atoms with Crippen LogP contribution in [0.3, 0.4) is 0 Å². The monoisotopic (exact) mass is 632 g/mol. The number of carbonyl (C=O) groups excluding carboxylic acids is 2. The minimum absolute atomic E-state index is 0.000263. The Balaban J connectivity index is 1.48. The Morgan fingerprint density at radius 2 is 1.78 bits per heavy atom. The fourth-order valence-corrected chi connectivity index (χ4v) is 5.19. The normalized spacial score (nSPS) is 16.1. The maximum Gasteiger partial charge on any atom is 0.433 e. The van der Waals surface area contributed by atoms with Crippen molar-refractivity contribution in [3.8, 4) is 0 Å². The van der Waals surface area contributed by atoms with Crippen LogP contribution >= 0.6 is 0 Å². The molecule has 0 spiro atoms. The number of hydrogen-bond donors (Lipinski definition) is 1. The molecule has 2 aliphatic heterocycles. The SMILES string of the molecule is Cc1nc(C(F)(F)F)ccc1NC(=O)Cn1c(C)c(N2CCN(C(=O)OC(C)(C)C)CC2)c(=O)n2nc(C3=CCOCC3)nc12. The van der Waals surface area contributed by atoms with Crippen molar-refractivity contribution in [1.82, 2.24) is 29.0 Å². The molecule has 13 nitrogen and oxygen atoms in total. The van der Waals surface area contributed by atoms with Crippen molar-refractivity contribution < 1.29 is 32.2 Å². The van der Waals surface area contributed by atoms with E-state index in [9.17, 15) is 27.6 Å². The van der Waals surface area contributed by atoms with Crippen LogP contribution in [0.25, 0.3) is 11.4 Å². The molecule has 16 heteroatoms. The highest BCUT2D eigenvalue weighted by Crippen LogP contribution is 2.29. The number of ether oxygens (including phenoxy) is 2. The summed E-state index contributed by atoms with van der Waals surface area (Å²) in [5.41, 5.74) is -0.485. The number of anilines is 2. The summed E-state index contributed by atoms with van der Waals surface area (Å²) in [4.78, 5) is 51.4. The number of nitrogens with one attached hydrogen (secondary N) is 1. The van der Waals surface area contributed by atoms with Crippen LogP contribution in [0.4, 0.5) is 29.3 Å². The zero-order chi connectivity index (χ0) is 32.7. The number of amides is 2. The number of fused-ring (bicyclic) bond motifs is 1. The van der Waals surface area contributed by atoms with Crippen molar-refractivity contribution in [2.24, 2.45) is 0 Å². The van der Waals surface area contributed by atoms with Gasteiger partial charge in [0.25, 0.3) is 5.56 Å². The lowest BCUT2D eigenvalue weighted by atomic mass is 10.1. The number of piperazine rings is 1. The third-order valence-electron chi connectivity index (χ3n) is 7.42. The Labute approximate surface area is 256 Å². The van der Waals surface area contributed by atoms with E-state index in [1.165, 1.54) is 6.92 Å². The number of aryl methyl sites for hydroxylation is 1. The summed E-state index contributed by atoms with van der Waals surface area (Å²) in [5, 5.41) is 7.13. The number of nitrogens with zero attached hydrogens (tertiary/aromatic N) is 7. The third kappa shape index (κ3) is 6.95. The van der Waals surface area contributed by atoms with Gasteiger partial charge in [0.2, 0.25) is 11.7 Å². The molecule has 242 valence electrons. The lowest BCUT2D eigenvalue weighted by Crippen LogP contribution is -2.51. The second-order valence-corrected chi connectivity index (χ2v) is 11.9. The molecule has 0 aromatic carbocycles. The second kappa shape index (κ2) is 12.1. The first-order valence-corrected chi connectivity index (χ1v) is 14.5. The quantitative estimate of drug-likeness (QED) is 0.449. The second-order valence-electron chi connectivity index (χ2n) is 11.9. The van der Waals surface area contributed by atoms with E-state index in [-0.39, 0.29) is 23.7 Å². The predicted molar refractivity (Wildman–Crippen MR) is 158 cm³/mol. The number of hydrogen-bond acceptors (Lipinski definition) is 9. The van der Waals surface area contributed by atoms with Gasteiger partial charge in [-0.3, -0.25) is 9.59 Å². The number of alkyl halides is 3. The maximum absolute atomic E-state index is 13.9. The molecule has 0 saturated carbocycles. The van der Waals surface area contributed by atoms with E-state index < -0.39 is 35.0 Å². The summed E-state index contributed by atoms with van der Waals surface area (Å²) in [6.45, 7) is 10.2. The Morgan fingerprint density at radius 1 is 1.07 bits per heavy atom. The highest BCUT2D eigenvalue weighted by molar-refractivity contribution is 5.91. The molecular formula is C29H35F3N8O5. The minimum atomic E-state index is -4.62. The molecule has 0 aliphatic carbocycles. The van der Waals surface area contributed by atoms with Gasteiger partial charge in [-0.15, -0.1) is 5.10 Å². The summed E-state index contributed by atoms with van der Waals surface area (Å²) in [6, 6.07) is 1.95. The van der Waals surface area contributed by atoms with E-state index in [0.717, 1.165) is 22.2 Å². The van der Waals surface area contributed by atoms with Crippen LogP contribution in [0.5, 0.6) is 0 Å². The molecule has 3 aromatic heterocycles. The predicted octanol–water partition coefficient (Wildman–Crippen LogP) is 3.42. The van der Waals surface area contributed by atoms with Crippen LogP contribution in [0.1, 0.15) is 50.1 Å². The van der Waals surface area contributed by atoms with Crippen LogP contribution in [0, 0.1) is 13.8 Å². The van der Waals surface area contributed by atoms with Gasteiger partial charge in [0.1, 0.15) is 23.5 Å². The number of pyridine rings is 1. The van der Waals surface area contributed by atoms with E-state index in [0.29, 0.717) is 63.0 Å². The number of halogens is 3. The summed E-state index contributed by atoms with van der Waals surface area (Å²) >= 11 is 0. The zero-order valence-corrected chi connectivity index (χ0v) is 25.7. The van der Waals surface area contributed by atoms with E-state index in [1.54, 1.807) is 37.2 Å². The number of aromatic nitrogens is 5. The summed E-state index contributed by atoms with van der Waals surface area (Å²) in [5.74, 6) is -0.101. The standard InChI is InChI=1S/C29H35F3N8O5/c1-17-20(6-7-21(33-17)29(30,31)32)34-22(41)16-39-18(2)23(37-10-12-38(13-11-37)27(43)45-28(3,4)5)25(42)40-26(39)35-24(36-40)19-8-14-44-15-9-19/h6-8H,9-16H2,1-5H3,(H,34,41). The Morgan fingerprint density at radius 3 is 2.38 bits per heavy atom. The average molecular weight is 633 g/mol. The largest absolute Gasteiger partial charge is 0.444 e. The van der Waals surface area contributed by atoms with Gasteiger partial charge in [0.05, 0.1) is 24.6 Å². The van der Waals surface area contributed by atoms with Crippen molar-refractivity contribution in [1.29, 1.82) is 0 Å². The van der Waals surface area contributed by atoms with Crippen LogP contribution in [0.15, 0.2) is 23.0 Å². The molecule has 0 atom stereocenters. The van der Waals surface area contributed by atoms with E-state index in [1.807, 2.05) is 11.0 Å². The lowest BCUT2D eigenvalue weighted by Gasteiger charge is -2.37. The van der Waals surface area contributed by atoms with Crippen molar-refractivity contribution in [3.63, 3.8) is 0 Å². The van der Waals surface area contributed by atoms with E-state index in [2.05, 4.69) is 20.4 Å². The summed E-state index contributed by atoms with van der Waals surface area (Å²) in [6.07, 6.45) is -2.68. The van der Waals surface area contributed by atoms with Gasteiger partial charge in [0.15, 0.2) is 5.82 Å². The molecule has 45 heavy (non-hydrogen) atoms. The molecule has 1 saturated heterocycles.